The molecule has 0 aliphatic heterocycles. The van der Waals surface area contributed by atoms with Crippen LogP contribution in [0.4, 0.5) is 9.18 Å². The minimum atomic E-state index is -0.587. The fourth-order valence-corrected chi connectivity index (χ4v) is 2.15. The summed E-state index contributed by atoms with van der Waals surface area (Å²) in [5.41, 5.74) is 0.476. The lowest BCUT2D eigenvalue weighted by atomic mass is 10.1. The Kier molecular flexibility index (Phi) is 6.87. The lowest BCUT2D eigenvalue weighted by molar-refractivity contribution is -0.119. The molecule has 3 N–H and O–H groups in total. The first-order valence-corrected chi connectivity index (χ1v) is 7.06. The molecular formula is C13H16Cl2FN3O2. The third kappa shape index (κ3) is 5.49. The van der Waals surface area contributed by atoms with Crippen LogP contribution in [0.3, 0.4) is 0 Å². The standard InChI is InChI=1S/C13H16Cl2FN3O2/c1-3-17-13(21)19-12(20)6-18-7(2)8-4-11(16)10(15)5-9(8)14/h4-5,7,18H,3,6H2,1-2H3,(H2,17,19,20,21)/t7-/m1/s1. The number of amides is 3. The number of carbonyl (C=O) groups is 2. The molecule has 0 saturated heterocycles. The Morgan fingerprint density at radius 2 is 1.95 bits per heavy atom. The second kappa shape index (κ2) is 8.17. The van der Waals surface area contributed by atoms with Crippen LogP contribution in [0.5, 0.6) is 0 Å². The topological polar surface area (TPSA) is 70.2 Å². The predicted molar refractivity (Wildman–Crippen MR) is 80.1 cm³/mol. The second-order valence-electron chi connectivity index (χ2n) is 4.30. The Morgan fingerprint density at radius 3 is 2.57 bits per heavy atom. The number of benzene rings is 1. The van der Waals surface area contributed by atoms with E-state index in [1.807, 2.05) is 0 Å². The summed E-state index contributed by atoms with van der Waals surface area (Å²) in [6, 6.07) is 1.57. The van der Waals surface area contributed by atoms with Gasteiger partial charge in [0.25, 0.3) is 0 Å². The zero-order chi connectivity index (χ0) is 16.0. The number of hydrogen-bond acceptors (Lipinski definition) is 3. The average molecular weight is 336 g/mol. The van der Waals surface area contributed by atoms with Gasteiger partial charge in [-0.15, -0.1) is 0 Å². The summed E-state index contributed by atoms with van der Waals surface area (Å²) in [6.07, 6.45) is 0. The van der Waals surface area contributed by atoms with Gasteiger partial charge in [0.1, 0.15) is 5.82 Å². The van der Waals surface area contributed by atoms with Crippen LogP contribution in [-0.2, 0) is 4.79 Å². The maximum Gasteiger partial charge on any atom is 0.321 e. The van der Waals surface area contributed by atoms with E-state index < -0.39 is 17.8 Å². The van der Waals surface area contributed by atoms with E-state index in [0.29, 0.717) is 17.1 Å². The van der Waals surface area contributed by atoms with Crippen LogP contribution >= 0.6 is 23.2 Å². The zero-order valence-corrected chi connectivity index (χ0v) is 13.1. The summed E-state index contributed by atoms with van der Waals surface area (Å²) in [4.78, 5) is 22.7. The van der Waals surface area contributed by atoms with E-state index in [1.54, 1.807) is 13.8 Å². The van der Waals surface area contributed by atoms with E-state index in [1.165, 1.54) is 12.1 Å². The molecule has 3 amide bonds. The molecule has 21 heavy (non-hydrogen) atoms. The number of halogens is 3. The maximum absolute atomic E-state index is 13.4. The minimum Gasteiger partial charge on any atom is -0.338 e. The van der Waals surface area contributed by atoms with Crippen molar-refractivity contribution in [1.82, 2.24) is 16.0 Å². The first-order valence-electron chi connectivity index (χ1n) is 6.30. The van der Waals surface area contributed by atoms with Crippen molar-refractivity contribution in [3.63, 3.8) is 0 Å². The summed E-state index contributed by atoms with van der Waals surface area (Å²) in [5, 5.41) is 7.66. The highest BCUT2D eigenvalue weighted by Gasteiger charge is 2.15. The molecule has 0 bridgehead atoms. The van der Waals surface area contributed by atoms with Crippen LogP contribution in [0.2, 0.25) is 10.0 Å². The summed E-state index contributed by atoms with van der Waals surface area (Å²) in [7, 11) is 0. The lowest BCUT2D eigenvalue weighted by Gasteiger charge is -2.16. The van der Waals surface area contributed by atoms with E-state index in [9.17, 15) is 14.0 Å². The van der Waals surface area contributed by atoms with Gasteiger partial charge in [-0.05, 0) is 31.5 Å². The molecule has 0 aliphatic rings. The quantitative estimate of drug-likeness (QED) is 0.724. The molecule has 1 aromatic carbocycles. The SMILES string of the molecule is CCNC(=O)NC(=O)CN[C@H](C)c1cc(F)c(Cl)cc1Cl. The van der Waals surface area contributed by atoms with Crippen LogP contribution in [-0.4, -0.2) is 25.0 Å². The molecule has 8 heteroatoms. The summed E-state index contributed by atoms with van der Waals surface area (Å²) in [5.74, 6) is -1.09. The van der Waals surface area contributed by atoms with Gasteiger partial charge < -0.3 is 10.6 Å². The molecule has 0 aromatic heterocycles. The van der Waals surface area contributed by atoms with Crippen LogP contribution in [0.1, 0.15) is 25.5 Å². The monoisotopic (exact) mass is 335 g/mol. The van der Waals surface area contributed by atoms with Gasteiger partial charge >= 0.3 is 6.03 Å². The van der Waals surface area contributed by atoms with Crippen molar-refractivity contribution in [2.45, 2.75) is 19.9 Å². The molecule has 1 atom stereocenters. The van der Waals surface area contributed by atoms with Gasteiger partial charge in [-0.1, -0.05) is 23.2 Å². The molecule has 116 valence electrons. The Hall–Kier alpha value is -1.37. The van der Waals surface area contributed by atoms with E-state index in [4.69, 9.17) is 23.2 Å². The number of rotatable bonds is 5. The molecule has 0 radical (unpaired) electrons. The third-order valence-corrected chi connectivity index (χ3v) is 3.28. The summed E-state index contributed by atoms with van der Waals surface area (Å²) < 4.78 is 13.4. The predicted octanol–water partition coefficient (Wildman–Crippen LogP) is 2.63. The molecule has 1 rings (SSSR count). The van der Waals surface area contributed by atoms with E-state index in [0.717, 1.165) is 0 Å². The lowest BCUT2D eigenvalue weighted by Crippen LogP contribution is -2.43. The summed E-state index contributed by atoms with van der Waals surface area (Å²) >= 11 is 11.6. The zero-order valence-electron chi connectivity index (χ0n) is 11.6. The Labute approximate surface area is 132 Å². The molecule has 0 heterocycles. The molecule has 0 aliphatic carbocycles. The van der Waals surface area contributed by atoms with Gasteiger partial charge in [-0.3, -0.25) is 10.1 Å². The highest BCUT2D eigenvalue weighted by atomic mass is 35.5. The van der Waals surface area contributed by atoms with Crippen molar-refractivity contribution in [1.29, 1.82) is 0 Å². The fourth-order valence-electron chi connectivity index (χ4n) is 1.60. The molecule has 0 fully saturated rings. The Bertz CT molecular complexity index is 540. The van der Waals surface area contributed by atoms with Gasteiger partial charge in [0, 0.05) is 17.6 Å². The smallest absolute Gasteiger partial charge is 0.321 e. The number of urea groups is 1. The van der Waals surface area contributed by atoms with Crippen LogP contribution in [0.25, 0.3) is 0 Å². The van der Waals surface area contributed by atoms with Crippen molar-refractivity contribution >= 4 is 35.1 Å². The molecule has 5 nitrogen and oxygen atoms in total. The number of nitrogens with one attached hydrogen (secondary N) is 3. The first-order chi connectivity index (χ1) is 9.85. The second-order valence-corrected chi connectivity index (χ2v) is 5.11. The number of hydrogen-bond donors (Lipinski definition) is 3. The molecule has 0 saturated carbocycles. The summed E-state index contributed by atoms with van der Waals surface area (Å²) in [6.45, 7) is 3.76. The van der Waals surface area contributed by atoms with Gasteiger partial charge in [0.15, 0.2) is 0 Å². The highest BCUT2D eigenvalue weighted by molar-refractivity contribution is 6.35. The van der Waals surface area contributed by atoms with Crippen molar-refractivity contribution in [2.24, 2.45) is 0 Å². The highest BCUT2D eigenvalue weighted by Crippen LogP contribution is 2.28. The van der Waals surface area contributed by atoms with Gasteiger partial charge in [0.05, 0.1) is 11.6 Å². The van der Waals surface area contributed by atoms with Crippen molar-refractivity contribution in [2.75, 3.05) is 13.1 Å². The number of imide groups is 1. The van der Waals surface area contributed by atoms with E-state index >= 15 is 0 Å². The normalized spacial score (nSPS) is 11.9. The Balaban J connectivity index is 2.58. The average Bonchev–Trinajstić information content (AvgIpc) is 2.40. The fraction of sp³-hybridized carbons (Fsp3) is 0.385. The van der Waals surface area contributed by atoms with Crippen molar-refractivity contribution in [3.8, 4) is 0 Å². The first kappa shape index (κ1) is 17.7. The maximum atomic E-state index is 13.4. The van der Waals surface area contributed by atoms with Gasteiger partial charge in [-0.2, -0.15) is 0 Å². The molecule has 0 spiro atoms. The Morgan fingerprint density at radius 1 is 1.29 bits per heavy atom. The van der Waals surface area contributed by atoms with E-state index in [-0.39, 0.29) is 17.6 Å². The van der Waals surface area contributed by atoms with Crippen LogP contribution in [0.15, 0.2) is 12.1 Å². The van der Waals surface area contributed by atoms with Crippen molar-refractivity contribution in [3.05, 3.63) is 33.6 Å². The largest absolute Gasteiger partial charge is 0.338 e. The molecular weight excluding hydrogens is 320 g/mol. The van der Waals surface area contributed by atoms with Gasteiger partial charge in [0.2, 0.25) is 5.91 Å². The molecule has 1 aromatic rings. The third-order valence-electron chi connectivity index (χ3n) is 2.67. The molecule has 0 unspecified atom stereocenters. The van der Waals surface area contributed by atoms with E-state index in [2.05, 4.69) is 16.0 Å². The minimum absolute atomic E-state index is 0.0649. The van der Waals surface area contributed by atoms with Crippen LogP contribution in [0, 0.1) is 5.82 Å². The van der Waals surface area contributed by atoms with Crippen LogP contribution < -0.4 is 16.0 Å². The van der Waals surface area contributed by atoms with Gasteiger partial charge in [-0.25, -0.2) is 9.18 Å². The number of carbonyl (C=O) groups excluding carboxylic acids is 2. The van der Waals surface area contributed by atoms with Crippen molar-refractivity contribution < 1.29 is 14.0 Å².